The summed E-state index contributed by atoms with van der Waals surface area (Å²) in [4.78, 5) is 11.2. The third kappa shape index (κ3) is 2.27. The van der Waals surface area contributed by atoms with Gasteiger partial charge in [0.15, 0.2) is 5.12 Å². The molecular formula is C8H8O2S. The van der Waals surface area contributed by atoms with Crippen LogP contribution >= 0.6 is 11.8 Å². The van der Waals surface area contributed by atoms with Crippen molar-refractivity contribution < 1.29 is 9.90 Å². The van der Waals surface area contributed by atoms with Gasteiger partial charge in [0.05, 0.1) is 4.90 Å². The van der Waals surface area contributed by atoms with E-state index in [9.17, 15) is 9.90 Å². The number of hydrogen-bond acceptors (Lipinski definition) is 3. The minimum Gasteiger partial charge on any atom is -0.507 e. The molecule has 0 saturated heterocycles. The van der Waals surface area contributed by atoms with Crippen LogP contribution in [0.25, 0.3) is 0 Å². The first-order valence-electron chi connectivity index (χ1n) is 3.16. The molecule has 1 aromatic carbocycles. The molecule has 0 aliphatic carbocycles. The summed E-state index contributed by atoms with van der Waals surface area (Å²) < 4.78 is 0. The van der Waals surface area contributed by atoms with Crippen LogP contribution in [0.4, 0.5) is 0 Å². The van der Waals surface area contributed by atoms with E-state index in [1.807, 2.05) is 0 Å². The molecule has 1 rings (SSSR count). The molecule has 0 spiro atoms. The minimum atomic E-state index is -0.0218. The zero-order valence-corrected chi connectivity index (χ0v) is 6.89. The van der Waals surface area contributed by atoms with E-state index in [1.54, 1.807) is 24.3 Å². The van der Waals surface area contributed by atoms with Gasteiger partial charge in [-0.1, -0.05) is 12.1 Å². The van der Waals surface area contributed by atoms with Gasteiger partial charge in [0.25, 0.3) is 0 Å². The molecule has 0 fully saturated rings. The first-order chi connectivity index (χ1) is 5.20. The Balaban J connectivity index is 2.86. The quantitative estimate of drug-likeness (QED) is 0.652. The van der Waals surface area contributed by atoms with Crippen molar-refractivity contribution in [1.82, 2.24) is 0 Å². The summed E-state index contributed by atoms with van der Waals surface area (Å²) in [6.45, 7) is 1.47. The van der Waals surface area contributed by atoms with Crippen LogP contribution < -0.4 is 0 Å². The number of phenolic OH excluding ortho intramolecular Hbond substituents is 1. The summed E-state index contributed by atoms with van der Waals surface area (Å²) in [6.07, 6.45) is 0. The Bertz CT molecular complexity index is 271. The van der Waals surface area contributed by atoms with Crippen LogP contribution in [0.1, 0.15) is 6.92 Å². The average Bonchev–Trinajstić information content (AvgIpc) is 1.93. The molecule has 58 valence electrons. The lowest BCUT2D eigenvalue weighted by Crippen LogP contribution is -1.80. The lowest BCUT2D eigenvalue weighted by Gasteiger charge is -1.98. The summed E-state index contributed by atoms with van der Waals surface area (Å²) in [5, 5.41) is 9.16. The lowest BCUT2D eigenvalue weighted by atomic mass is 10.3. The monoisotopic (exact) mass is 168 g/mol. The highest BCUT2D eigenvalue weighted by Crippen LogP contribution is 2.27. The van der Waals surface area contributed by atoms with Crippen molar-refractivity contribution in [1.29, 1.82) is 0 Å². The van der Waals surface area contributed by atoms with Gasteiger partial charge in [-0.3, -0.25) is 4.79 Å². The first-order valence-corrected chi connectivity index (χ1v) is 3.98. The standard InChI is InChI=1S/C8H8O2S/c1-6(9)11-8-5-3-2-4-7(8)10/h2-5,10H,1H3. The van der Waals surface area contributed by atoms with Crippen molar-refractivity contribution in [3.63, 3.8) is 0 Å². The smallest absolute Gasteiger partial charge is 0.190 e. The maximum absolute atomic E-state index is 10.6. The van der Waals surface area contributed by atoms with Gasteiger partial charge in [-0.2, -0.15) is 0 Å². The molecule has 0 bridgehead atoms. The second kappa shape index (κ2) is 3.44. The molecule has 0 atom stereocenters. The van der Waals surface area contributed by atoms with Crippen LogP contribution in [0.3, 0.4) is 0 Å². The van der Waals surface area contributed by atoms with E-state index in [-0.39, 0.29) is 10.9 Å². The first kappa shape index (κ1) is 8.14. The van der Waals surface area contributed by atoms with Gasteiger partial charge < -0.3 is 5.11 Å². The van der Waals surface area contributed by atoms with E-state index < -0.39 is 0 Å². The number of carbonyl (C=O) groups excluding carboxylic acids is 1. The molecule has 0 saturated carbocycles. The van der Waals surface area contributed by atoms with Crippen LogP contribution in [0, 0.1) is 0 Å². The van der Waals surface area contributed by atoms with Gasteiger partial charge >= 0.3 is 0 Å². The second-order valence-electron chi connectivity index (χ2n) is 2.06. The van der Waals surface area contributed by atoms with Crippen molar-refractivity contribution in [3.05, 3.63) is 24.3 Å². The van der Waals surface area contributed by atoms with Crippen molar-refractivity contribution in [2.24, 2.45) is 0 Å². The summed E-state index contributed by atoms with van der Waals surface area (Å²) >= 11 is 1.04. The van der Waals surface area contributed by atoms with Crippen LogP contribution in [0.5, 0.6) is 5.75 Å². The van der Waals surface area contributed by atoms with Crippen LogP contribution in [-0.4, -0.2) is 10.2 Å². The number of thioether (sulfide) groups is 1. The van der Waals surface area contributed by atoms with Gasteiger partial charge in [-0.15, -0.1) is 0 Å². The number of rotatable bonds is 1. The summed E-state index contributed by atoms with van der Waals surface area (Å²) in [5.41, 5.74) is 0. The Morgan fingerprint density at radius 3 is 2.64 bits per heavy atom. The molecule has 11 heavy (non-hydrogen) atoms. The van der Waals surface area contributed by atoms with Gasteiger partial charge in [0.2, 0.25) is 0 Å². The van der Waals surface area contributed by atoms with E-state index in [0.29, 0.717) is 4.90 Å². The zero-order valence-electron chi connectivity index (χ0n) is 6.07. The molecule has 0 aliphatic rings. The molecule has 0 amide bonds. The zero-order chi connectivity index (χ0) is 8.27. The third-order valence-corrected chi connectivity index (χ3v) is 1.97. The third-order valence-electron chi connectivity index (χ3n) is 1.12. The molecule has 0 radical (unpaired) electrons. The highest BCUT2D eigenvalue weighted by Gasteiger charge is 2.01. The predicted octanol–water partition coefficient (Wildman–Crippen LogP) is 2.03. The Morgan fingerprint density at radius 1 is 1.45 bits per heavy atom. The predicted molar refractivity (Wildman–Crippen MR) is 44.6 cm³/mol. The minimum absolute atomic E-state index is 0.0218. The highest BCUT2D eigenvalue weighted by atomic mass is 32.2. The number of para-hydroxylation sites is 1. The molecule has 0 unspecified atom stereocenters. The summed E-state index contributed by atoms with van der Waals surface area (Å²) in [7, 11) is 0. The summed E-state index contributed by atoms with van der Waals surface area (Å²) in [6, 6.07) is 6.77. The fourth-order valence-corrected chi connectivity index (χ4v) is 1.33. The normalized spacial score (nSPS) is 9.55. The maximum atomic E-state index is 10.6. The molecular weight excluding hydrogens is 160 g/mol. The van der Waals surface area contributed by atoms with Gasteiger partial charge in [-0.25, -0.2) is 0 Å². The van der Waals surface area contributed by atoms with Crippen molar-refractivity contribution in [2.75, 3.05) is 0 Å². The van der Waals surface area contributed by atoms with Crippen molar-refractivity contribution in [3.8, 4) is 5.75 Å². The summed E-state index contributed by atoms with van der Waals surface area (Å²) in [5.74, 6) is 0.160. The number of benzene rings is 1. The molecule has 1 N–H and O–H groups in total. The van der Waals surface area contributed by atoms with Gasteiger partial charge in [-0.05, 0) is 23.9 Å². The number of hydrogen-bond donors (Lipinski definition) is 1. The molecule has 1 aromatic rings. The Hall–Kier alpha value is -0.960. The topological polar surface area (TPSA) is 37.3 Å². The van der Waals surface area contributed by atoms with Crippen molar-refractivity contribution >= 4 is 16.9 Å². The fourth-order valence-electron chi connectivity index (χ4n) is 0.698. The van der Waals surface area contributed by atoms with E-state index >= 15 is 0 Å². The van der Waals surface area contributed by atoms with Crippen LogP contribution in [0.15, 0.2) is 29.2 Å². The van der Waals surface area contributed by atoms with E-state index in [2.05, 4.69) is 0 Å². The van der Waals surface area contributed by atoms with E-state index in [0.717, 1.165) is 11.8 Å². The SMILES string of the molecule is CC(=O)Sc1ccccc1O. The Kier molecular flexibility index (Phi) is 2.54. The lowest BCUT2D eigenvalue weighted by molar-refractivity contribution is -0.109. The molecule has 0 aromatic heterocycles. The molecule has 3 heteroatoms. The largest absolute Gasteiger partial charge is 0.507 e. The highest BCUT2D eigenvalue weighted by molar-refractivity contribution is 8.13. The van der Waals surface area contributed by atoms with Crippen LogP contribution in [-0.2, 0) is 4.79 Å². The Labute approximate surface area is 69.2 Å². The van der Waals surface area contributed by atoms with E-state index in [4.69, 9.17) is 0 Å². The molecule has 2 nitrogen and oxygen atoms in total. The van der Waals surface area contributed by atoms with Crippen LogP contribution in [0.2, 0.25) is 0 Å². The van der Waals surface area contributed by atoms with Gasteiger partial charge in [0, 0.05) is 6.92 Å². The number of carbonyl (C=O) groups is 1. The second-order valence-corrected chi connectivity index (χ2v) is 3.28. The van der Waals surface area contributed by atoms with Crippen molar-refractivity contribution in [2.45, 2.75) is 11.8 Å². The number of phenols is 1. The van der Waals surface area contributed by atoms with Gasteiger partial charge in [0.1, 0.15) is 5.75 Å². The molecule has 0 heterocycles. The maximum Gasteiger partial charge on any atom is 0.190 e. The van der Waals surface area contributed by atoms with E-state index in [1.165, 1.54) is 6.92 Å². The average molecular weight is 168 g/mol. The molecule has 0 aliphatic heterocycles. The number of aromatic hydroxyl groups is 1. The Morgan fingerprint density at radius 2 is 2.09 bits per heavy atom. The fraction of sp³-hybridized carbons (Fsp3) is 0.125.